The summed E-state index contributed by atoms with van der Waals surface area (Å²) in [5, 5.41) is 2.51. The van der Waals surface area contributed by atoms with Gasteiger partial charge in [-0.15, -0.1) is 0 Å². The average molecular weight is 358 g/mol. The minimum absolute atomic E-state index is 0.0753. The van der Waals surface area contributed by atoms with Crippen LogP contribution in [0.5, 0.6) is 5.75 Å². The maximum Gasteiger partial charge on any atom is 0.326 e. The molecule has 7 nitrogen and oxygen atoms in total. The fourth-order valence-electron chi connectivity index (χ4n) is 2.29. The fourth-order valence-corrected chi connectivity index (χ4v) is 2.29. The smallest absolute Gasteiger partial charge is 0.326 e. The zero-order chi connectivity index (χ0) is 19.1. The standard InChI is InChI=1S/C19H22N2O5/c1-4-25-18(23)11-21-9-5-6-15(19(21)24)20-17(22)12-26-16-10-13(2)7-8-14(16)3/h5-10H,4,11-12H2,1-3H3,(H,20,22). The van der Waals surface area contributed by atoms with E-state index in [4.69, 9.17) is 9.47 Å². The normalized spacial score (nSPS) is 10.3. The number of rotatable bonds is 7. The van der Waals surface area contributed by atoms with Gasteiger partial charge in [-0.2, -0.15) is 0 Å². The van der Waals surface area contributed by atoms with E-state index in [9.17, 15) is 14.4 Å². The number of hydrogen-bond acceptors (Lipinski definition) is 5. The van der Waals surface area contributed by atoms with Crippen molar-refractivity contribution in [2.24, 2.45) is 0 Å². The third kappa shape index (κ3) is 5.20. The second-order valence-corrected chi connectivity index (χ2v) is 5.77. The first-order valence-corrected chi connectivity index (χ1v) is 8.25. The van der Waals surface area contributed by atoms with Gasteiger partial charge in [0.05, 0.1) is 6.61 Å². The molecule has 0 aliphatic heterocycles. The van der Waals surface area contributed by atoms with Crippen LogP contribution in [0, 0.1) is 13.8 Å². The molecule has 0 saturated carbocycles. The Labute approximate surface area is 151 Å². The van der Waals surface area contributed by atoms with Crippen molar-refractivity contribution < 1.29 is 19.1 Å². The predicted octanol–water partition coefficient (Wildman–Crippen LogP) is 2.05. The molecule has 2 aromatic rings. The maximum absolute atomic E-state index is 12.3. The van der Waals surface area contributed by atoms with Gasteiger partial charge in [0.15, 0.2) is 6.61 Å². The van der Waals surface area contributed by atoms with E-state index >= 15 is 0 Å². The molecule has 0 unspecified atom stereocenters. The lowest BCUT2D eigenvalue weighted by atomic mass is 10.1. The van der Waals surface area contributed by atoms with Crippen molar-refractivity contribution >= 4 is 17.6 Å². The summed E-state index contributed by atoms with van der Waals surface area (Å²) in [6.07, 6.45) is 1.46. The number of ether oxygens (including phenoxy) is 2. The Morgan fingerprint density at radius 1 is 1.19 bits per heavy atom. The van der Waals surface area contributed by atoms with Gasteiger partial charge >= 0.3 is 5.97 Å². The summed E-state index contributed by atoms with van der Waals surface area (Å²) in [4.78, 5) is 35.9. The van der Waals surface area contributed by atoms with E-state index in [-0.39, 0.29) is 25.4 Å². The summed E-state index contributed by atoms with van der Waals surface area (Å²) in [6, 6.07) is 8.76. The molecule has 0 saturated heterocycles. The Morgan fingerprint density at radius 3 is 2.69 bits per heavy atom. The number of carbonyl (C=O) groups excluding carboxylic acids is 2. The molecular weight excluding hydrogens is 336 g/mol. The maximum atomic E-state index is 12.3. The molecule has 7 heteroatoms. The van der Waals surface area contributed by atoms with Gasteiger partial charge in [-0.05, 0) is 50.1 Å². The molecule has 0 radical (unpaired) electrons. The number of benzene rings is 1. The van der Waals surface area contributed by atoms with Gasteiger partial charge in [-0.3, -0.25) is 14.4 Å². The van der Waals surface area contributed by atoms with Crippen molar-refractivity contribution in [3.8, 4) is 5.75 Å². The summed E-state index contributed by atoms with van der Waals surface area (Å²) < 4.78 is 11.5. The molecule has 2 rings (SSSR count). The quantitative estimate of drug-likeness (QED) is 0.766. The van der Waals surface area contributed by atoms with Gasteiger partial charge in [0.1, 0.15) is 18.0 Å². The minimum Gasteiger partial charge on any atom is -0.483 e. The number of nitrogens with zero attached hydrogens (tertiary/aromatic N) is 1. The highest BCUT2D eigenvalue weighted by Gasteiger charge is 2.11. The second kappa shape index (κ2) is 8.84. The van der Waals surface area contributed by atoms with Crippen LogP contribution in [0.2, 0.25) is 0 Å². The van der Waals surface area contributed by atoms with E-state index in [1.165, 1.54) is 16.8 Å². The van der Waals surface area contributed by atoms with Crippen molar-refractivity contribution in [1.29, 1.82) is 0 Å². The van der Waals surface area contributed by atoms with Crippen LogP contribution in [0.25, 0.3) is 0 Å². The number of nitrogens with one attached hydrogen (secondary N) is 1. The molecular formula is C19H22N2O5. The molecule has 0 fully saturated rings. The minimum atomic E-state index is -0.517. The Bertz CT molecular complexity index is 857. The van der Waals surface area contributed by atoms with Crippen molar-refractivity contribution in [3.05, 3.63) is 58.0 Å². The molecule has 0 spiro atoms. The van der Waals surface area contributed by atoms with Crippen LogP contribution in [0.4, 0.5) is 5.69 Å². The highest BCUT2D eigenvalue weighted by Crippen LogP contribution is 2.18. The second-order valence-electron chi connectivity index (χ2n) is 5.77. The average Bonchev–Trinajstić information content (AvgIpc) is 2.59. The number of aryl methyl sites for hydroxylation is 2. The molecule has 0 atom stereocenters. The van der Waals surface area contributed by atoms with Gasteiger partial charge in [-0.25, -0.2) is 0 Å². The highest BCUT2D eigenvalue weighted by molar-refractivity contribution is 5.91. The first-order chi connectivity index (χ1) is 12.4. The van der Waals surface area contributed by atoms with Crippen molar-refractivity contribution in [2.45, 2.75) is 27.3 Å². The molecule has 138 valence electrons. The summed E-state index contributed by atoms with van der Waals surface area (Å²) >= 11 is 0. The molecule has 1 aromatic carbocycles. The summed E-state index contributed by atoms with van der Waals surface area (Å²) in [6.45, 7) is 5.30. The first-order valence-electron chi connectivity index (χ1n) is 8.25. The summed E-state index contributed by atoms with van der Waals surface area (Å²) in [7, 11) is 0. The molecule has 26 heavy (non-hydrogen) atoms. The summed E-state index contributed by atoms with van der Waals surface area (Å²) in [5.41, 5.74) is 1.53. The van der Waals surface area contributed by atoms with Gasteiger partial charge in [0.2, 0.25) is 0 Å². The first kappa shape index (κ1) is 19.2. The van der Waals surface area contributed by atoms with E-state index < -0.39 is 17.4 Å². The van der Waals surface area contributed by atoms with Crippen LogP contribution in [0.15, 0.2) is 41.3 Å². The van der Waals surface area contributed by atoms with Crippen LogP contribution >= 0.6 is 0 Å². The Balaban J connectivity index is 2.01. The topological polar surface area (TPSA) is 86.6 Å². The largest absolute Gasteiger partial charge is 0.483 e. The number of anilines is 1. The van der Waals surface area contributed by atoms with Gasteiger partial charge in [0, 0.05) is 6.20 Å². The SMILES string of the molecule is CCOC(=O)Cn1cccc(NC(=O)COc2cc(C)ccc2C)c1=O. The Morgan fingerprint density at radius 2 is 1.96 bits per heavy atom. The zero-order valence-electron chi connectivity index (χ0n) is 15.1. The molecule has 0 aliphatic carbocycles. The number of carbonyl (C=O) groups is 2. The lowest BCUT2D eigenvalue weighted by Crippen LogP contribution is -2.30. The summed E-state index contributed by atoms with van der Waals surface area (Å²) in [5.74, 6) is -0.360. The monoisotopic (exact) mass is 358 g/mol. The van der Waals surface area contributed by atoms with Gasteiger partial charge < -0.3 is 19.4 Å². The highest BCUT2D eigenvalue weighted by atomic mass is 16.5. The Hall–Kier alpha value is -3.09. The van der Waals surface area contributed by atoms with Crippen molar-refractivity contribution in [1.82, 2.24) is 4.57 Å². The van der Waals surface area contributed by atoms with Crippen molar-refractivity contribution in [2.75, 3.05) is 18.5 Å². The third-order valence-electron chi connectivity index (χ3n) is 3.60. The van der Waals surface area contributed by atoms with E-state index in [2.05, 4.69) is 5.32 Å². The number of esters is 1. The number of aromatic nitrogens is 1. The molecule has 1 N–H and O–H groups in total. The third-order valence-corrected chi connectivity index (χ3v) is 3.60. The van der Waals surface area contributed by atoms with E-state index in [0.29, 0.717) is 5.75 Å². The van der Waals surface area contributed by atoms with Crippen LogP contribution < -0.4 is 15.6 Å². The molecule has 1 amide bonds. The number of pyridine rings is 1. The fraction of sp³-hybridized carbons (Fsp3) is 0.316. The lowest BCUT2D eigenvalue weighted by molar-refractivity contribution is -0.143. The van der Waals surface area contributed by atoms with Crippen LogP contribution in [0.1, 0.15) is 18.1 Å². The zero-order valence-corrected chi connectivity index (χ0v) is 15.1. The molecule has 1 heterocycles. The molecule has 0 aliphatic rings. The van der Waals surface area contributed by atoms with E-state index in [1.807, 2.05) is 32.0 Å². The lowest BCUT2D eigenvalue weighted by Gasteiger charge is -2.11. The van der Waals surface area contributed by atoms with Crippen molar-refractivity contribution in [3.63, 3.8) is 0 Å². The Kier molecular flexibility index (Phi) is 6.54. The van der Waals surface area contributed by atoms with Crippen LogP contribution in [-0.4, -0.2) is 29.7 Å². The number of amides is 1. The van der Waals surface area contributed by atoms with E-state index in [0.717, 1.165) is 11.1 Å². The van der Waals surface area contributed by atoms with Gasteiger partial charge in [0.25, 0.3) is 11.5 Å². The van der Waals surface area contributed by atoms with Gasteiger partial charge in [-0.1, -0.05) is 12.1 Å². The van der Waals surface area contributed by atoms with E-state index in [1.54, 1.807) is 13.0 Å². The van der Waals surface area contributed by atoms with Crippen LogP contribution in [0.3, 0.4) is 0 Å². The molecule has 1 aromatic heterocycles. The molecule has 0 bridgehead atoms. The van der Waals surface area contributed by atoms with Crippen LogP contribution in [-0.2, 0) is 20.9 Å². The predicted molar refractivity (Wildman–Crippen MR) is 97.4 cm³/mol. The number of hydrogen-bond donors (Lipinski definition) is 1.